The maximum absolute atomic E-state index is 12.6. The van der Waals surface area contributed by atoms with Crippen LogP contribution >= 0.6 is 0 Å². The zero-order valence-electron chi connectivity index (χ0n) is 11.7. The largest absolute Gasteiger partial charge is 0.415 e. The van der Waals surface area contributed by atoms with Crippen molar-refractivity contribution in [1.82, 2.24) is 5.32 Å². The molecule has 1 aromatic carbocycles. The number of rotatable bonds is 4. The molecule has 0 aromatic heterocycles. The molecule has 0 aliphatic rings. The summed E-state index contributed by atoms with van der Waals surface area (Å²) in [6.07, 6.45) is -4.78. The molecular weight excluding hydrogens is 269 g/mol. The van der Waals surface area contributed by atoms with Crippen molar-refractivity contribution >= 4 is 5.91 Å². The minimum Gasteiger partial charge on any atom is -0.350 e. The molecule has 0 aliphatic heterocycles. The maximum atomic E-state index is 12.6. The molecule has 1 rings (SSSR count). The van der Waals surface area contributed by atoms with Gasteiger partial charge in [0.05, 0.1) is 0 Å². The van der Waals surface area contributed by atoms with Crippen LogP contribution in [0.25, 0.3) is 0 Å². The Morgan fingerprint density at radius 2 is 1.75 bits per heavy atom. The van der Waals surface area contributed by atoms with Crippen LogP contribution in [0.15, 0.2) is 24.3 Å². The molecule has 0 saturated carbocycles. The Morgan fingerprint density at radius 1 is 1.25 bits per heavy atom. The fourth-order valence-corrected chi connectivity index (χ4v) is 1.52. The molecule has 0 bridgehead atoms. The van der Waals surface area contributed by atoms with Crippen molar-refractivity contribution in [3.8, 4) is 0 Å². The summed E-state index contributed by atoms with van der Waals surface area (Å²) in [6.45, 7) is 4.75. The van der Waals surface area contributed by atoms with Crippen molar-refractivity contribution in [2.75, 3.05) is 0 Å². The number of halogens is 3. The van der Waals surface area contributed by atoms with Crippen LogP contribution in [-0.4, -0.2) is 17.6 Å². The van der Waals surface area contributed by atoms with Gasteiger partial charge in [-0.2, -0.15) is 13.2 Å². The zero-order valence-corrected chi connectivity index (χ0v) is 11.7. The molecule has 0 aliphatic carbocycles. The van der Waals surface area contributed by atoms with Crippen LogP contribution in [0.1, 0.15) is 37.8 Å². The van der Waals surface area contributed by atoms with Crippen LogP contribution < -0.4 is 11.1 Å². The van der Waals surface area contributed by atoms with Crippen LogP contribution in [0.5, 0.6) is 0 Å². The number of nitrogens with two attached hydrogens (primary N) is 1. The van der Waals surface area contributed by atoms with Gasteiger partial charge in [0.2, 0.25) is 5.91 Å². The first-order valence-electron chi connectivity index (χ1n) is 6.28. The van der Waals surface area contributed by atoms with Gasteiger partial charge in [-0.25, -0.2) is 0 Å². The highest BCUT2D eigenvalue weighted by Gasteiger charge is 2.53. The van der Waals surface area contributed by atoms with E-state index in [9.17, 15) is 18.0 Å². The van der Waals surface area contributed by atoms with Crippen molar-refractivity contribution < 1.29 is 18.0 Å². The number of carbonyl (C=O) groups is 1. The van der Waals surface area contributed by atoms with Gasteiger partial charge in [0.15, 0.2) is 5.54 Å². The SMILES string of the molecule is CC(C)c1ccc(CNC(=O)C(C)(N)C(F)(F)F)cc1. The number of alkyl halides is 3. The second-order valence-electron chi connectivity index (χ2n) is 5.28. The Balaban J connectivity index is 2.66. The smallest absolute Gasteiger partial charge is 0.350 e. The molecule has 0 fully saturated rings. The highest BCUT2D eigenvalue weighted by molar-refractivity contribution is 5.86. The van der Waals surface area contributed by atoms with Gasteiger partial charge in [0, 0.05) is 6.54 Å². The molecule has 20 heavy (non-hydrogen) atoms. The number of hydrogen-bond acceptors (Lipinski definition) is 2. The van der Waals surface area contributed by atoms with Gasteiger partial charge in [0.25, 0.3) is 0 Å². The standard InChI is InChI=1S/C14H19F3N2O/c1-9(2)11-6-4-10(5-7-11)8-19-12(20)13(3,18)14(15,16)17/h4-7,9H,8,18H2,1-3H3,(H,19,20). The molecule has 1 atom stereocenters. The predicted molar refractivity (Wildman–Crippen MR) is 71.0 cm³/mol. The third-order valence-corrected chi connectivity index (χ3v) is 3.16. The van der Waals surface area contributed by atoms with Crippen LogP contribution in [0.3, 0.4) is 0 Å². The number of carbonyl (C=O) groups excluding carboxylic acids is 1. The van der Waals surface area contributed by atoms with E-state index < -0.39 is 17.6 Å². The first-order valence-corrected chi connectivity index (χ1v) is 6.28. The first-order chi connectivity index (χ1) is 9.05. The van der Waals surface area contributed by atoms with E-state index in [1.54, 1.807) is 12.1 Å². The van der Waals surface area contributed by atoms with Crippen LogP contribution in [-0.2, 0) is 11.3 Å². The topological polar surface area (TPSA) is 55.1 Å². The number of amides is 1. The molecule has 112 valence electrons. The van der Waals surface area contributed by atoms with E-state index in [1.165, 1.54) is 0 Å². The van der Waals surface area contributed by atoms with Gasteiger partial charge in [0.1, 0.15) is 0 Å². The fraction of sp³-hybridized carbons (Fsp3) is 0.500. The van der Waals surface area contributed by atoms with Crippen LogP contribution in [0.4, 0.5) is 13.2 Å². The summed E-state index contributed by atoms with van der Waals surface area (Å²) in [6, 6.07) is 7.32. The van der Waals surface area contributed by atoms with E-state index >= 15 is 0 Å². The van der Waals surface area contributed by atoms with E-state index in [4.69, 9.17) is 5.73 Å². The molecular formula is C14H19F3N2O. The second kappa shape index (κ2) is 5.83. The summed E-state index contributed by atoms with van der Waals surface area (Å²) in [4.78, 5) is 11.5. The van der Waals surface area contributed by atoms with Crippen LogP contribution in [0.2, 0.25) is 0 Å². The van der Waals surface area contributed by atoms with Crippen molar-refractivity contribution in [2.24, 2.45) is 5.73 Å². The van der Waals surface area contributed by atoms with Crippen molar-refractivity contribution in [1.29, 1.82) is 0 Å². The lowest BCUT2D eigenvalue weighted by Gasteiger charge is -2.26. The molecule has 6 heteroatoms. The van der Waals surface area contributed by atoms with Crippen LogP contribution in [0, 0.1) is 0 Å². The number of benzene rings is 1. The molecule has 1 amide bonds. The normalized spacial score (nSPS) is 15.0. The van der Waals surface area contributed by atoms with E-state index in [2.05, 4.69) is 5.32 Å². The van der Waals surface area contributed by atoms with Gasteiger partial charge >= 0.3 is 6.18 Å². The zero-order chi connectivity index (χ0) is 15.6. The maximum Gasteiger partial charge on any atom is 0.415 e. The van der Waals surface area contributed by atoms with Crippen molar-refractivity contribution in [3.05, 3.63) is 35.4 Å². The summed E-state index contributed by atoms with van der Waals surface area (Å²) >= 11 is 0. The second-order valence-corrected chi connectivity index (χ2v) is 5.28. The third-order valence-electron chi connectivity index (χ3n) is 3.16. The van der Waals surface area contributed by atoms with Gasteiger partial charge in [-0.05, 0) is 24.0 Å². The fourth-order valence-electron chi connectivity index (χ4n) is 1.52. The minimum absolute atomic E-state index is 0.0140. The predicted octanol–water partition coefficient (Wildman–Crippen LogP) is 2.71. The van der Waals surface area contributed by atoms with Gasteiger partial charge in [-0.3, -0.25) is 4.79 Å². The molecule has 3 nitrogen and oxygen atoms in total. The lowest BCUT2D eigenvalue weighted by atomic mass is 10.0. The Labute approximate surface area is 116 Å². The summed E-state index contributed by atoms with van der Waals surface area (Å²) in [5.74, 6) is -0.867. The number of nitrogens with one attached hydrogen (secondary N) is 1. The molecule has 0 radical (unpaired) electrons. The van der Waals surface area contributed by atoms with E-state index in [-0.39, 0.29) is 6.54 Å². The lowest BCUT2D eigenvalue weighted by Crippen LogP contribution is -2.61. The summed E-state index contributed by atoms with van der Waals surface area (Å²) in [5, 5.41) is 2.21. The Kier molecular flexibility index (Phi) is 4.81. The average Bonchev–Trinajstić information content (AvgIpc) is 2.34. The third kappa shape index (κ3) is 3.72. The molecule has 1 aromatic rings. The first kappa shape index (κ1) is 16.5. The monoisotopic (exact) mass is 288 g/mol. The van der Waals surface area contributed by atoms with Gasteiger partial charge in [-0.1, -0.05) is 38.1 Å². The summed E-state index contributed by atoms with van der Waals surface area (Å²) < 4.78 is 37.7. The van der Waals surface area contributed by atoms with Gasteiger partial charge < -0.3 is 11.1 Å². The molecule has 0 heterocycles. The summed E-state index contributed by atoms with van der Waals surface area (Å²) in [5.41, 5.74) is 3.99. The lowest BCUT2D eigenvalue weighted by molar-refractivity contribution is -0.187. The molecule has 0 saturated heterocycles. The minimum atomic E-state index is -4.78. The molecule has 1 unspecified atom stereocenters. The Bertz CT molecular complexity index is 464. The van der Waals surface area contributed by atoms with E-state index in [1.807, 2.05) is 26.0 Å². The molecule has 0 spiro atoms. The average molecular weight is 288 g/mol. The van der Waals surface area contributed by atoms with Crippen molar-refractivity contribution in [3.63, 3.8) is 0 Å². The number of hydrogen-bond donors (Lipinski definition) is 2. The highest BCUT2D eigenvalue weighted by atomic mass is 19.4. The quantitative estimate of drug-likeness (QED) is 0.895. The highest BCUT2D eigenvalue weighted by Crippen LogP contribution is 2.28. The molecule has 3 N–H and O–H groups in total. The summed E-state index contributed by atoms with van der Waals surface area (Å²) in [7, 11) is 0. The van der Waals surface area contributed by atoms with Crippen molar-refractivity contribution in [2.45, 2.75) is 44.9 Å². The Morgan fingerprint density at radius 3 is 2.15 bits per heavy atom. The van der Waals surface area contributed by atoms with E-state index in [0.717, 1.165) is 11.1 Å². The van der Waals surface area contributed by atoms with Gasteiger partial charge in [-0.15, -0.1) is 0 Å². The van der Waals surface area contributed by atoms with E-state index in [0.29, 0.717) is 12.8 Å². The Hall–Kier alpha value is -1.56.